The van der Waals surface area contributed by atoms with E-state index in [1.54, 1.807) is 0 Å². The molecule has 12 heavy (non-hydrogen) atoms. The predicted molar refractivity (Wildman–Crippen MR) is 45.2 cm³/mol. The van der Waals surface area contributed by atoms with Crippen molar-refractivity contribution in [3.8, 4) is 0 Å². The first-order valence-electron chi connectivity index (χ1n) is 3.54. The van der Waals surface area contributed by atoms with Gasteiger partial charge in [0.1, 0.15) is 5.56 Å². The van der Waals surface area contributed by atoms with Crippen LogP contribution in [0.5, 0.6) is 0 Å². The molecule has 0 saturated heterocycles. The van der Waals surface area contributed by atoms with Crippen LogP contribution in [0.2, 0.25) is 0 Å². The first kappa shape index (κ1) is 9.25. The molecule has 0 aliphatic carbocycles. The Morgan fingerprint density at radius 3 is 2.92 bits per heavy atom. The molecule has 0 saturated carbocycles. The smallest absolute Gasteiger partial charge is 0.342 e. The Morgan fingerprint density at radius 1 is 1.75 bits per heavy atom. The van der Waals surface area contributed by atoms with Gasteiger partial charge in [0.2, 0.25) is 0 Å². The number of halogens is 1. The lowest BCUT2D eigenvalue weighted by atomic mass is 10.2. The molecule has 5 heteroatoms. The molecule has 0 atom stereocenters. The number of hydrogen-bond acceptors (Lipinski definition) is 3. The van der Waals surface area contributed by atoms with Gasteiger partial charge < -0.3 is 9.63 Å². The molecule has 0 amide bonds. The number of aromatic nitrogens is 1. The number of nitrogens with zero attached hydrogens (tertiary/aromatic N) is 1. The fourth-order valence-electron chi connectivity index (χ4n) is 0.907. The van der Waals surface area contributed by atoms with E-state index in [9.17, 15) is 4.79 Å². The lowest BCUT2D eigenvalue weighted by molar-refractivity contribution is 0.0693. The van der Waals surface area contributed by atoms with Crippen molar-refractivity contribution in [2.75, 3.05) is 0 Å². The standard InChI is InChI=1S/C7H8BrNO3/c1-2-3-4-5(7(10)11)6(8)9-12-4/h2-3H2,1H3,(H,10,11). The van der Waals surface area contributed by atoms with E-state index in [1.165, 1.54) is 0 Å². The van der Waals surface area contributed by atoms with Gasteiger partial charge in [-0.1, -0.05) is 12.1 Å². The van der Waals surface area contributed by atoms with Crippen molar-refractivity contribution in [3.05, 3.63) is 15.9 Å². The van der Waals surface area contributed by atoms with Crippen LogP contribution >= 0.6 is 15.9 Å². The number of aryl methyl sites for hydroxylation is 1. The van der Waals surface area contributed by atoms with Crippen LogP contribution in [0.4, 0.5) is 0 Å². The Balaban J connectivity index is 3.04. The summed E-state index contributed by atoms with van der Waals surface area (Å²) in [7, 11) is 0. The first-order chi connectivity index (χ1) is 5.66. The summed E-state index contributed by atoms with van der Waals surface area (Å²) in [6.45, 7) is 1.95. The normalized spacial score (nSPS) is 10.2. The monoisotopic (exact) mass is 233 g/mol. The van der Waals surface area contributed by atoms with Gasteiger partial charge in [-0.3, -0.25) is 0 Å². The van der Waals surface area contributed by atoms with Crippen LogP contribution in [0.15, 0.2) is 9.13 Å². The Bertz CT molecular complexity index is 295. The van der Waals surface area contributed by atoms with Gasteiger partial charge in [0, 0.05) is 6.42 Å². The van der Waals surface area contributed by atoms with E-state index in [0.717, 1.165) is 6.42 Å². The highest BCUT2D eigenvalue weighted by Gasteiger charge is 2.19. The highest BCUT2D eigenvalue weighted by atomic mass is 79.9. The molecule has 0 aliphatic rings. The number of rotatable bonds is 3. The van der Waals surface area contributed by atoms with Gasteiger partial charge in [0.15, 0.2) is 10.4 Å². The number of carboxylic acid groups (broad SMARTS) is 1. The fourth-order valence-corrected chi connectivity index (χ4v) is 1.37. The van der Waals surface area contributed by atoms with Crippen molar-refractivity contribution in [2.45, 2.75) is 19.8 Å². The summed E-state index contributed by atoms with van der Waals surface area (Å²) in [5, 5.41) is 12.2. The van der Waals surface area contributed by atoms with Gasteiger partial charge in [0.05, 0.1) is 0 Å². The van der Waals surface area contributed by atoms with Crippen molar-refractivity contribution in [1.29, 1.82) is 0 Å². The third-order valence-corrected chi connectivity index (χ3v) is 1.95. The predicted octanol–water partition coefficient (Wildman–Crippen LogP) is 2.09. The zero-order chi connectivity index (χ0) is 9.14. The maximum atomic E-state index is 10.6. The van der Waals surface area contributed by atoms with Gasteiger partial charge in [-0.25, -0.2) is 4.79 Å². The second-order valence-corrected chi connectivity index (χ2v) is 3.08. The molecule has 66 valence electrons. The van der Waals surface area contributed by atoms with E-state index in [-0.39, 0.29) is 10.2 Å². The molecular formula is C7H8BrNO3. The summed E-state index contributed by atoms with van der Waals surface area (Å²) in [4.78, 5) is 10.6. The molecule has 0 unspecified atom stereocenters. The second kappa shape index (κ2) is 3.71. The van der Waals surface area contributed by atoms with Crippen LogP contribution in [-0.2, 0) is 6.42 Å². The number of carbonyl (C=O) groups is 1. The molecule has 4 nitrogen and oxygen atoms in total. The molecule has 0 aromatic carbocycles. The average molecular weight is 234 g/mol. The molecule has 1 heterocycles. The zero-order valence-corrected chi connectivity index (χ0v) is 8.09. The van der Waals surface area contributed by atoms with Crippen LogP contribution in [0.1, 0.15) is 29.5 Å². The lowest BCUT2D eigenvalue weighted by Gasteiger charge is -1.92. The molecule has 1 rings (SSSR count). The van der Waals surface area contributed by atoms with Gasteiger partial charge in [-0.15, -0.1) is 0 Å². The van der Waals surface area contributed by atoms with E-state index in [0.29, 0.717) is 12.2 Å². The topological polar surface area (TPSA) is 63.3 Å². The van der Waals surface area contributed by atoms with Gasteiger partial charge in [-0.2, -0.15) is 0 Å². The van der Waals surface area contributed by atoms with Crippen molar-refractivity contribution in [3.63, 3.8) is 0 Å². The van der Waals surface area contributed by atoms with E-state index < -0.39 is 5.97 Å². The third kappa shape index (κ3) is 1.66. The van der Waals surface area contributed by atoms with Gasteiger partial charge >= 0.3 is 5.97 Å². The average Bonchev–Trinajstić information content (AvgIpc) is 2.32. The van der Waals surface area contributed by atoms with Crippen molar-refractivity contribution >= 4 is 21.9 Å². The minimum absolute atomic E-state index is 0.136. The van der Waals surface area contributed by atoms with Crippen molar-refractivity contribution < 1.29 is 14.4 Å². The van der Waals surface area contributed by atoms with E-state index >= 15 is 0 Å². The summed E-state index contributed by atoms with van der Waals surface area (Å²) < 4.78 is 5.08. The van der Waals surface area contributed by atoms with Crippen LogP contribution in [0.3, 0.4) is 0 Å². The summed E-state index contributed by atoms with van der Waals surface area (Å²) in [6, 6.07) is 0. The Labute approximate surface area is 77.7 Å². The molecule has 1 aromatic rings. The minimum Gasteiger partial charge on any atom is -0.477 e. The molecule has 0 spiro atoms. The number of hydrogen-bond donors (Lipinski definition) is 1. The highest BCUT2D eigenvalue weighted by Crippen LogP contribution is 2.20. The third-order valence-electron chi connectivity index (χ3n) is 1.41. The van der Waals surface area contributed by atoms with E-state index in [2.05, 4.69) is 21.1 Å². The molecule has 0 bridgehead atoms. The first-order valence-corrected chi connectivity index (χ1v) is 4.33. The van der Waals surface area contributed by atoms with Crippen LogP contribution in [-0.4, -0.2) is 16.2 Å². The summed E-state index contributed by atoms with van der Waals surface area (Å²) in [5.74, 6) is -0.580. The minimum atomic E-state index is -1.01. The Morgan fingerprint density at radius 2 is 2.42 bits per heavy atom. The lowest BCUT2D eigenvalue weighted by Crippen LogP contribution is -1.99. The molecule has 0 radical (unpaired) electrons. The van der Waals surface area contributed by atoms with Gasteiger partial charge in [0.25, 0.3) is 0 Å². The summed E-state index contributed by atoms with van der Waals surface area (Å²) in [5.41, 5.74) is 0.136. The quantitative estimate of drug-likeness (QED) is 0.869. The number of aromatic carboxylic acids is 1. The number of carboxylic acids is 1. The maximum Gasteiger partial charge on any atom is 0.342 e. The van der Waals surface area contributed by atoms with Gasteiger partial charge in [-0.05, 0) is 22.4 Å². The highest BCUT2D eigenvalue weighted by molar-refractivity contribution is 9.10. The molecule has 0 fully saturated rings. The fraction of sp³-hybridized carbons (Fsp3) is 0.429. The summed E-state index contributed by atoms with van der Waals surface area (Å²) >= 11 is 3.00. The second-order valence-electron chi connectivity index (χ2n) is 2.33. The largest absolute Gasteiger partial charge is 0.477 e. The van der Waals surface area contributed by atoms with Crippen LogP contribution < -0.4 is 0 Å². The van der Waals surface area contributed by atoms with Crippen LogP contribution in [0.25, 0.3) is 0 Å². The van der Waals surface area contributed by atoms with Crippen LogP contribution in [0, 0.1) is 0 Å². The molecular weight excluding hydrogens is 226 g/mol. The summed E-state index contributed by atoms with van der Waals surface area (Å²) in [6.07, 6.45) is 1.43. The van der Waals surface area contributed by atoms with E-state index in [1.807, 2.05) is 6.92 Å². The van der Waals surface area contributed by atoms with Crippen molar-refractivity contribution in [1.82, 2.24) is 5.16 Å². The maximum absolute atomic E-state index is 10.6. The van der Waals surface area contributed by atoms with Crippen molar-refractivity contribution in [2.24, 2.45) is 0 Å². The van der Waals surface area contributed by atoms with E-state index in [4.69, 9.17) is 9.63 Å². The Kier molecular flexibility index (Phi) is 2.86. The Hall–Kier alpha value is -0.840. The SMILES string of the molecule is CCCc1onc(Br)c1C(=O)O. The molecule has 0 aliphatic heterocycles. The molecule has 1 aromatic heterocycles. The molecule has 1 N–H and O–H groups in total. The zero-order valence-electron chi connectivity index (χ0n) is 6.50.